The molecule has 0 aromatic carbocycles. The van der Waals surface area contributed by atoms with Crippen LogP contribution in [0.3, 0.4) is 0 Å². The van der Waals surface area contributed by atoms with E-state index in [1.54, 1.807) is 6.20 Å². The molecule has 0 radical (unpaired) electrons. The van der Waals surface area contributed by atoms with Crippen molar-refractivity contribution < 1.29 is 14.3 Å². The average molecular weight is 305 g/mol. The number of hydrogen-bond donors (Lipinski definition) is 1. The molecule has 1 saturated heterocycles. The Kier molecular flexibility index (Phi) is 5.45. The number of hydrogen-bond acceptors (Lipinski definition) is 4. The first-order chi connectivity index (χ1) is 10.4. The molecule has 22 heavy (non-hydrogen) atoms. The van der Waals surface area contributed by atoms with E-state index in [9.17, 15) is 4.79 Å². The van der Waals surface area contributed by atoms with Crippen LogP contribution in [0.25, 0.3) is 0 Å². The van der Waals surface area contributed by atoms with Crippen molar-refractivity contribution in [2.45, 2.75) is 51.9 Å². The fourth-order valence-electron chi connectivity index (χ4n) is 2.07. The van der Waals surface area contributed by atoms with Gasteiger partial charge in [0, 0.05) is 12.8 Å². The quantitative estimate of drug-likeness (QED) is 0.852. The molecule has 1 aliphatic rings. The third-order valence-corrected chi connectivity index (χ3v) is 3.00. The summed E-state index contributed by atoms with van der Waals surface area (Å²) in [6.45, 7) is 6.48. The van der Waals surface area contributed by atoms with Crippen LogP contribution in [0.4, 0.5) is 4.79 Å². The lowest BCUT2D eigenvalue weighted by Crippen LogP contribution is -2.32. The topological polar surface area (TPSA) is 65.4 Å². The lowest BCUT2D eigenvalue weighted by molar-refractivity contribution is -0.0395. The van der Waals surface area contributed by atoms with Gasteiger partial charge in [-0.3, -0.25) is 0 Å². The van der Waals surface area contributed by atoms with Gasteiger partial charge < -0.3 is 14.8 Å². The summed E-state index contributed by atoms with van der Waals surface area (Å²) in [6.07, 6.45) is 6.38. The summed E-state index contributed by atoms with van der Waals surface area (Å²) >= 11 is 0. The molecule has 1 aliphatic heterocycles. The molecule has 1 N–H and O–H groups in total. The first-order valence-electron chi connectivity index (χ1n) is 7.55. The predicted octanol–water partition coefficient (Wildman–Crippen LogP) is 2.46. The van der Waals surface area contributed by atoms with Crippen molar-refractivity contribution in [2.24, 2.45) is 0 Å². The van der Waals surface area contributed by atoms with E-state index in [1.807, 2.05) is 31.6 Å². The lowest BCUT2D eigenvalue weighted by atomic mass is 10.2. The molecule has 1 atom stereocenters. The molecule has 1 amide bonds. The molecule has 1 fully saturated rings. The van der Waals surface area contributed by atoms with Crippen LogP contribution in [0, 0.1) is 11.8 Å². The Morgan fingerprint density at radius 1 is 1.55 bits per heavy atom. The highest BCUT2D eigenvalue weighted by Crippen LogP contribution is 2.21. The molecule has 0 saturated carbocycles. The number of carbonyl (C=O) groups excluding carboxylic acids is 1. The summed E-state index contributed by atoms with van der Waals surface area (Å²) in [5.41, 5.74) is 0.304. The molecular weight excluding hydrogens is 282 g/mol. The molecule has 6 nitrogen and oxygen atoms in total. The van der Waals surface area contributed by atoms with E-state index in [-0.39, 0.29) is 12.8 Å². The predicted molar refractivity (Wildman–Crippen MR) is 82.2 cm³/mol. The zero-order valence-electron chi connectivity index (χ0n) is 13.4. The molecule has 1 aromatic rings. The minimum atomic E-state index is -0.501. The van der Waals surface area contributed by atoms with Crippen LogP contribution >= 0.6 is 0 Å². The Morgan fingerprint density at radius 2 is 2.36 bits per heavy atom. The fraction of sp³-hybridized carbons (Fsp3) is 0.625. The maximum absolute atomic E-state index is 11.4. The third kappa shape index (κ3) is 5.41. The second kappa shape index (κ2) is 7.32. The summed E-state index contributed by atoms with van der Waals surface area (Å²) in [7, 11) is 0. The summed E-state index contributed by atoms with van der Waals surface area (Å²) in [5, 5.41) is 6.87. The van der Waals surface area contributed by atoms with Crippen LogP contribution < -0.4 is 5.32 Å². The zero-order valence-corrected chi connectivity index (χ0v) is 13.4. The standard InChI is InChI=1S/C16H23N3O3/c1-16(2,3)22-15(20)17-9-6-7-13-11-18-19(12-13)14-8-4-5-10-21-14/h11-12,14H,4-5,8-10H2,1-3H3,(H,17,20)/t14-/m0/s1. The van der Waals surface area contributed by atoms with Gasteiger partial charge >= 0.3 is 6.09 Å². The Morgan fingerprint density at radius 3 is 3.05 bits per heavy atom. The first-order valence-corrected chi connectivity index (χ1v) is 7.55. The Balaban J connectivity index is 1.80. The van der Waals surface area contributed by atoms with E-state index in [1.165, 1.54) is 0 Å². The summed E-state index contributed by atoms with van der Waals surface area (Å²) in [4.78, 5) is 11.4. The van der Waals surface area contributed by atoms with Gasteiger partial charge in [0.1, 0.15) is 11.8 Å². The van der Waals surface area contributed by atoms with Crippen molar-refractivity contribution in [1.82, 2.24) is 15.1 Å². The van der Waals surface area contributed by atoms with Gasteiger partial charge in [-0.2, -0.15) is 5.10 Å². The van der Waals surface area contributed by atoms with Gasteiger partial charge in [-0.15, -0.1) is 0 Å². The van der Waals surface area contributed by atoms with Crippen LogP contribution in [0.15, 0.2) is 12.4 Å². The molecule has 2 rings (SSSR count). The summed E-state index contributed by atoms with van der Waals surface area (Å²) in [6, 6.07) is 0. The SMILES string of the molecule is CC(C)(C)OC(=O)NCC#Cc1cnn([C@@H]2CCCCO2)c1. The summed E-state index contributed by atoms with van der Waals surface area (Å²) in [5.74, 6) is 5.84. The molecule has 120 valence electrons. The van der Waals surface area contributed by atoms with Gasteiger partial charge in [-0.1, -0.05) is 11.8 Å². The Bertz CT molecular complexity index is 557. The number of ether oxygens (including phenoxy) is 2. The number of amides is 1. The molecule has 6 heteroatoms. The average Bonchev–Trinajstić information content (AvgIpc) is 2.91. The highest BCUT2D eigenvalue weighted by Gasteiger charge is 2.16. The third-order valence-electron chi connectivity index (χ3n) is 3.00. The van der Waals surface area contributed by atoms with Gasteiger partial charge in [0.05, 0.1) is 18.3 Å². The number of carbonyl (C=O) groups is 1. The van der Waals surface area contributed by atoms with Crippen LogP contribution in [0.1, 0.15) is 51.8 Å². The van der Waals surface area contributed by atoms with Crippen LogP contribution in [0.2, 0.25) is 0 Å². The van der Waals surface area contributed by atoms with Crippen molar-refractivity contribution >= 4 is 6.09 Å². The highest BCUT2D eigenvalue weighted by atomic mass is 16.6. The number of nitrogens with zero attached hydrogens (tertiary/aromatic N) is 2. The van der Waals surface area contributed by atoms with Gasteiger partial charge in [-0.05, 0) is 40.0 Å². The Labute approximate surface area is 131 Å². The normalized spacial score (nSPS) is 18.2. The second-order valence-electron chi connectivity index (χ2n) is 6.19. The monoisotopic (exact) mass is 305 g/mol. The Hall–Kier alpha value is -2.00. The smallest absolute Gasteiger partial charge is 0.408 e. The molecule has 2 heterocycles. The van der Waals surface area contributed by atoms with Crippen molar-refractivity contribution in [2.75, 3.05) is 13.2 Å². The second-order valence-corrected chi connectivity index (χ2v) is 6.19. The molecule has 0 bridgehead atoms. The fourth-order valence-corrected chi connectivity index (χ4v) is 2.07. The number of aromatic nitrogens is 2. The maximum Gasteiger partial charge on any atom is 0.408 e. The van der Waals surface area contributed by atoms with E-state index >= 15 is 0 Å². The van der Waals surface area contributed by atoms with E-state index in [0.29, 0.717) is 0 Å². The van der Waals surface area contributed by atoms with E-state index < -0.39 is 11.7 Å². The first kappa shape index (κ1) is 16.4. The van der Waals surface area contributed by atoms with Gasteiger partial charge in [-0.25, -0.2) is 9.48 Å². The molecular formula is C16H23N3O3. The van der Waals surface area contributed by atoms with E-state index in [2.05, 4.69) is 22.3 Å². The maximum atomic E-state index is 11.4. The van der Waals surface area contributed by atoms with Crippen molar-refractivity contribution in [3.63, 3.8) is 0 Å². The molecule has 1 aromatic heterocycles. The van der Waals surface area contributed by atoms with Crippen LogP contribution in [-0.2, 0) is 9.47 Å². The van der Waals surface area contributed by atoms with Crippen molar-refractivity contribution in [1.29, 1.82) is 0 Å². The zero-order chi connectivity index (χ0) is 16.0. The minimum Gasteiger partial charge on any atom is -0.444 e. The van der Waals surface area contributed by atoms with E-state index in [4.69, 9.17) is 9.47 Å². The van der Waals surface area contributed by atoms with Crippen LogP contribution in [0.5, 0.6) is 0 Å². The van der Waals surface area contributed by atoms with Crippen LogP contribution in [-0.4, -0.2) is 34.6 Å². The van der Waals surface area contributed by atoms with Gasteiger partial charge in [0.25, 0.3) is 0 Å². The number of nitrogens with one attached hydrogen (secondary N) is 1. The molecule has 0 spiro atoms. The minimum absolute atomic E-state index is 0.0178. The number of rotatable bonds is 2. The van der Waals surface area contributed by atoms with Gasteiger partial charge in [0.15, 0.2) is 0 Å². The van der Waals surface area contributed by atoms with Crippen molar-refractivity contribution in [3.05, 3.63) is 18.0 Å². The van der Waals surface area contributed by atoms with Gasteiger partial charge in [0.2, 0.25) is 0 Å². The molecule has 0 aliphatic carbocycles. The highest BCUT2D eigenvalue weighted by molar-refractivity contribution is 5.68. The van der Waals surface area contributed by atoms with Crippen molar-refractivity contribution in [3.8, 4) is 11.8 Å². The molecule has 0 unspecified atom stereocenters. The largest absolute Gasteiger partial charge is 0.444 e. The van der Waals surface area contributed by atoms with E-state index in [0.717, 1.165) is 31.4 Å². The number of alkyl carbamates (subject to hydrolysis) is 1. The lowest BCUT2D eigenvalue weighted by Gasteiger charge is -2.22. The summed E-state index contributed by atoms with van der Waals surface area (Å²) < 4.78 is 12.6.